The summed E-state index contributed by atoms with van der Waals surface area (Å²) in [6, 6.07) is 1.12. The van der Waals surface area contributed by atoms with Crippen molar-refractivity contribution in [3.05, 3.63) is 41.2 Å². The minimum Gasteiger partial charge on any atom is -0.298 e. The van der Waals surface area contributed by atoms with E-state index in [0.717, 1.165) is 54.1 Å². The highest BCUT2D eigenvalue weighted by Gasteiger charge is 2.36. The fourth-order valence-electron chi connectivity index (χ4n) is 3.62. The predicted octanol–water partition coefficient (Wildman–Crippen LogP) is 2.56. The van der Waals surface area contributed by atoms with Crippen molar-refractivity contribution in [1.29, 1.82) is 0 Å². The molecule has 1 unspecified atom stereocenters. The van der Waals surface area contributed by atoms with Crippen molar-refractivity contribution >= 4 is 5.78 Å². The summed E-state index contributed by atoms with van der Waals surface area (Å²) >= 11 is 0. The van der Waals surface area contributed by atoms with Gasteiger partial charge < -0.3 is 0 Å². The Morgan fingerprint density at radius 3 is 2.78 bits per heavy atom. The fraction of sp³-hybridized carbons (Fsp3) is 0.529. The number of hydrogen-bond donors (Lipinski definition) is 0. The lowest BCUT2D eigenvalue weighted by atomic mass is 9.93. The van der Waals surface area contributed by atoms with Crippen LogP contribution in [0.4, 0.5) is 13.2 Å². The quantitative estimate of drug-likeness (QED) is 0.700. The topological polar surface area (TPSA) is 64.1 Å². The molecule has 0 bridgehead atoms. The van der Waals surface area contributed by atoms with Gasteiger partial charge in [0.1, 0.15) is 6.33 Å². The highest BCUT2D eigenvalue weighted by molar-refractivity contribution is 5.33. The molecule has 0 amide bonds. The smallest absolute Gasteiger partial charge is 0.298 e. The molecule has 1 atom stereocenters. The van der Waals surface area contributed by atoms with Gasteiger partial charge in [-0.25, -0.2) is 4.98 Å². The SMILES string of the molecule is Cc1c(CN2CCCC(c3cc(C(F)(F)F)n4ncnc4n3)C2)cnn1C. The number of aryl methyl sites for hydroxylation is 1. The van der Waals surface area contributed by atoms with Gasteiger partial charge in [-0.15, -0.1) is 0 Å². The highest BCUT2D eigenvalue weighted by atomic mass is 19.4. The van der Waals surface area contributed by atoms with Crippen LogP contribution in [0.5, 0.6) is 0 Å². The second-order valence-electron chi connectivity index (χ2n) is 6.99. The van der Waals surface area contributed by atoms with Crippen LogP contribution in [0.1, 0.15) is 41.4 Å². The number of alkyl halides is 3. The van der Waals surface area contributed by atoms with Crippen LogP contribution in [0.15, 0.2) is 18.6 Å². The predicted molar refractivity (Wildman–Crippen MR) is 91.0 cm³/mol. The number of fused-ring (bicyclic) bond motifs is 1. The molecule has 0 aliphatic carbocycles. The Bertz CT molecular complexity index is 959. The monoisotopic (exact) mass is 379 g/mol. The first kappa shape index (κ1) is 17.9. The fourth-order valence-corrected chi connectivity index (χ4v) is 3.62. The first-order chi connectivity index (χ1) is 12.8. The molecule has 10 heteroatoms. The van der Waals surface area contributed by atoms with Gasteiger partial charge in [0, 0.05) is 37.3 Å². The van der Waals surface area contributed by atoms with Gasteiger partial charge in [0.15, 0.2) is 5.69 Å². The average Bonchev–Trinajstić information content (AvgIpc) is 3.22. The minimum absolute atomic E-state index is 0.0138. The van der Waals surface area contributed by atoms with Gasteiger partial charge in [-0.3, -0.25) is 9.58 Å². The van der Waals surface area contributed by atoms with Crippen molar-refractivity contribution in [2.75, 3.05) is 13.1 Å². The average molecular weight is 379 g/mol. The van der Waals surface area contributed by atoms with Crippen molar-refractivity contribution in [3.63, 3.8) is 0 Å². The third-order valence-corrected chi connectivity index (χ3v) is 5.22. The highest BCUT2D eigenvalue weighted by Crippen LogP contribution is 2.33. The van der Waals surface area contributed by atoms with Gasteiger partial charge in [0.25, 0.3) is 5.78 Å². The van der Waals surface area contributed by atoms with Crippen LogP contribution >= 0.6 is 0 Å². The molecular weight excluding hydrogens is 359 g/mol. The molecule has 3 aromatic rings. The Morgan fingerprint density at radius 2 is 2.07 bits per heavy atom. The normalized spacial score (nSPS) is 19.1. The molecule has 0 saturated carbocycles. The summed E-state index contributed by atoms with van der Waals surface area (Å²) in [4.78, 5) is 10.5. The van der Waals surface area contributed by atoms with E-state index in [0.29, 0.717) is 12.2 Å². The molecule has 0 radical (unpaired) electrons. The number of likely N-dealkylation sites (tertiary alicyclic amines) is 1. The van der Waals surface area contributed by atoms with Gasteiger partial charge in [-0.1, -0.05) is 0 Å². The first-order valence-corrected chi connectivity index (χ1v) is 8.80. The minimum atomic E-state index is -4.51. The van der Waals surface area contributed by atoms with E-state index in [1.165, 1.54) is 0 Å². The van der Waals surface area contributed by atoms with Crippen LogP contribution in [0.3, 0.4) is 0 Å². The van der Waals surface area contributed by atoms with Crippen LogP contribution in [0.2, 0.25) is 0 Å². The molecule has 1 saturated heterocycles. The van der Waals surface area contributed by atoms with E-state index in [2.05, 4.69) is 25.1 Å². The molecule has 3 aromatic heterocycles. The standard InChI is InChI=1S/C17H20F3N7/c1-11-13(7-22-25(11)2)9-26-5-3-4-12(8-26)14-6-15(17(18,19)20)27-16(24-14)21-10-23-27/h6-7,10,12H,3-5,8-9H2,1-2H3. The zero-order chi connectivity index (χ0) is 19.2. The summed E-state index contributed by atoms with van der Waals surface area (Å²) < 4.78 is 42.8. The Balaban J connectivity index is 1.60. The van der Waals surface area contributed by atoms with Crippen molar-refractivity contribution in [3.8, 4) is 0 Å². The third kappa shape index (κ3) is 3.41. The lowest BCUT2D eigenvalue weighted by Gasteiger charge is -2.32. The van der Waals surface area contributed by atoms with E-state index in [-0.39, 0.29) is 11.7 Å². The molecule has 144 valence electrons. The van der Waals surface area contributed by atoms with Gasteiger partial charge in [-0.2, -0.15) is 32.9 Å². The molecule has 4 heterocycles. The summed E-state index contributed by atoms with van der Waals surface area (Å²) in [5, 5.41) is 7.92. The molecule has 7 nitrogen and oxygen atoms in total. The summed E-state index contributed by atoms with van der Waals surface area (Å²) in [5.41, 5.74) is 1.82. The molecule has 27 heavy (non-hydrogen) atoms. The summed E-state index contributed by atoms with van der Waals surface area (Å²) in [6.07, 6.45) is 0.147. The molecule has 0 N–H and O–H groups in total. The van der Waals surface area contributed by atoms with E-state index >= 15 is 0 Å². The van der Waals surface area contributed by atoms with Crippen LogP contribution in [-0.2, 0) is 19.8 Å². The van der Waals surface area contributed by atoms with Crippen LogP contribution in [0.25, 0.3) is 5.78 Å². The maximum Gasteiger partial charge on any atom is 0.433 e. The van der Waals surface area contributed by atoms with Crippen molar-refractivity contribution < 1.29 is 13.2 Å². The van der Waals surface area contributed by atoms with E-state index < -0.39 is 11.9 Å². The van der Waals surface area contributed by atoms with E-state index in [4.69, 9.17) is 0 Å². The van der Waals surface area contributed by atoms with Crippen molar-refractivity contribution in [2.45, 2.75) is 38.4 Å². The van der Waals surface area contributed by atoms with Gasteiger partial charge in [0.05, 0.1) is 11.9 Å². The molecule has 0 spiro atoms. The van der Waals surface area contributed by atoms with Crippen molar-refractivity contribution in [2.24, 2.45) is 7.05 Å². The molecule has 0 aromatic carbocycles. The second kappa shape index (κ2) is 6.59. The third-order valence-electron chi connectivity index (χ3n) is 5.22. The molecule has 4 rings (SSSR count). The summed E-state index contributed by atoms with van der Waals surface area (Å²) in [6.45, 7) is 4.31. The maximum absolute atomic E-state index is 13.4. The lowest BCUT2D eigenvalue weighted by molar-refractivity contribution is -0.142. The number of aromatic nitrogens is 6. The van der Waals surface area contributed by atoms with E-state index in [1.54, 1.807) is 0 Å². The van der Waals surface area contributed by atoms with Gasteiger partial charge >= 0.3 is 6.18 Å². The van der Waals surface area contributed by atoms with Crippen LogP contribution in [-0.4, -0.2) is 47.4 Å². The Hall–Kier alpha value is -2.49. The van der Waals surface area contributed by atoms with Crippen LogP contribution < -0.4 is 0 Å². The number of hydrogen-bond acceptors (Lipinski definition) is 5. The summed E-state index contributed by atoms with van der Waals surface area (Å²) in [5.74, 6) is -0.0846. The molecule has 1 aliphatic heterocycles. The zero-order valence-corrected chi connectivity index (χ0v) is 15.1. The number of piperidine rings is 1. The van der Waals surface area contributed by atoms with Gasteiger partial charge in [-0.05, 0) is 32.4 Å². The van der Waals surface area contributed by atoms with E-state index in [1.807, 2.05) is 24.9 Å². The zero-order valence-electron chi connectivity index (χ0n) is 15.1. The lowest BCUT2D eigenvalue weighted by Crippen LogP contribution is -2.34. The largest absolute Gasteiger partial charge is 0.433 e. The Labute approximate surface area is 153 Å². The maximum atomic E-state index is 13.4. The number of nitrogens with zero attached hydrogens (tertiary/aromatic N) is 7. The van der Waals surface area contributed by atoms with Crippen LogP contribution in [0, 0.1) is 6.92 Å². The first-order valence-electron chi connectivity index (χ1n) is 8.80. The van der Waals surface area contributed by atoms with Crippen molar-refractivity contribution in [1.82, 2.24) is 34.3 Å². The molecular formula is C17H20F3N7. The number of halogens is 3. The van der Waals surface area contributed by atoms with E-state index in [9.17, 15) is 13.2 Å². The number of rotatable bonds is 3. The second-order valence-corrected chi connectivity index (χ2v) is 6.99. The molecule has 1 aliphatic rings. The Kier molecular flexibility index (Phi) is 4.37. The molecule has 1 fully saturated rings. The summed E-state index contributed by atoms with van der Waals surface area (Å²) in [7, 11) is 1.90. The Morgan fingerprint density at radius 1 is 1.26 bits per heavy atom. The van der Waals surface area contributed by atoms with Gasteiger partial charge in [0.2, 0.25) is 0 Å².